The van der Waals surface area contributed by atoms with E-state index in [1.54, 1.807) is 25.3 Å². The van der Waals surface area contributed by atoms with Crippen molar-refractivity contribution < 1.29 is 23.8 Å². The van der Waals surface area contributed by atoms with Crippen LogP contribution in [0.2, 0.25) is 5.28 Å². The lowest BCUT2D eigenvalue weighted by Crippen LogP contribution is -2.45. The Morgan fingerprint density at radius 3 is 2.84 bits per heavy atom. The zero-order valence-electron chi connectivity index (χ0n) is 21.4. The largest absolute Gasteiger partial charge is 0.392 e. The van der Waals surface area contributed by atoms with Crippen LogP contribution < -0.4 is 5.32 Å². The van der Waals surface area contributed by atoms with E-state index in [4.69, 9.17) is 21.1 Å². The van der Waals surface area contributed by atoms with Crippen LogP contribution in [-0.2, 0) is 32.8 Å². The monoisotopic (exact) mass is 531 g/mol. The first-order valence-electron chi connectivity index (χ1n) is 12.8. The highest BCUT2D eigenvalue weighted by molar-refractivity contribution is 6.28. The van der Waals surface area contributed by atoms with Crippen molar-refractivity contribution in [2.24, 2.45) is 5.92 Å². The molecule has 2 aliphatic rings. The number of ether oxygens (including phenoxy) is 2. The molecule has 0 bridgehead atoms. The van der Waals surface area contributed by atoms with Crippen LogP contribution in [0.15, 0.2) is 36.9 Å². The molecular formula is C28H35ClFN3O4. The average molecular weight is 532 g/mol. The Hall–Kier alpha value is -2.39. The van der Waals surface area contributed by atoms with Crippen molar-refractivity contribution in [3.8, 4) is 0 Å². The standard InChI is InChI=1S/C28H35ClFN3O4/c1-4-27(30,17-34)21-7-5-6-20(16-21)18(2)31-25-22-14-19(15-23(22)32-26(29)33-25)8-9-24(35)28(36-3)10-12-37-13-11-28/h4-7,16,18-19,34H,1,8-15,17H2,2-3H3,(H,31,32,33)/t18-,19?,27?/m1/s1. The number of nitrogens with one attached hydrogen (secondary N) is 1. The molecule has 7 nitrogen and oxygen atoms in total. The first kappa shape index (κ1) is 27.6. The summed E-state index contributed by atoms with van der Waals surface area (Å²) in [5, 5.41) is 13.1. The van der Waals surface area contributed by atoms with Gasteiger partial charge in [0, 0.05) is 51.2 Å². The number of carbonyl (C=O) groups is 1. The third-order valence-electron chi connectivity index (χ3n) is 7.79. The summed E-state index contributed by atoms with van der Waals surface area (Å²) in [5.41, 5.74) is 0.320. The molecule has 4 rings (SSSR count). The number of fused-ring (bicyclic) bond motifs is 1. The molecule has 1 aliphatic heterocycles. The summed E-state index contributed by atoms with van der Waals surface area (Å²) < 4.78 is 26.0. The van der Waals surface area contributed by atoms with Crippen LogP contribution in [0.4, 0.5) is 10.2 Å². The van der Waals surface area contributed by atoms with Gasteiger partial charge in [0.05, 0.1) is 12.3 Å². The van der Waals surface area contributed by atoms with Gasteiger partial charge >= 0.3 is 0 Å². The predicted octanol–water partition coefficient (Wildman–Crippen LogP) is 4.91. The van der Waals surface area contributed by atoms with Crippen molar-refractivity contribution in [1.82, 2.24) is 9.97 Å². The minimum atomic E-state index is -2.01. The Labute approximate surface area is 222 Å². The lowest BCUT2D eigenvalue weighted by molar-refractivity contribution is -0.153. The van der Waals surface area contributed by atoms with Gasteiger partial charge in [-0.3, -0.25) is 4.79 Å². The number of benzene rings is 1. The molecule has 2 N–H and O–H groups in total. The molecule has 3 atom stereocenters. The van der Waals surface area contributed by atoms with Gasteiger partial charge in [0.15, 0.2) is 11.5 Å². The number of methoxy groups -OCH3 is 1. The van der Waals surface area contributed by atoms with Gasteiger partial charge in [0.2, 0.25) is 5.28 Å². The summed E-state index contributed by atoms with van der Waals surface area (Å²) in [6.07, 6.45) is 4.95. The van der Waals surface area contributed by atoms with Crippen molar-refractivity contribution in [1.29, 1.82) is 0 Å². The Bertz CT molecular complexity index is 1140. The molecule has 1 aliphatic carbocycles. The smallest absolute Gasteiger partial charge is 0.224 e. The van der Waals surface area contributed by atoms with E-state index in [-0.39, 0.29) is 23.0 Å². The summed E-state index contributed by atoms with van der Waals surface area (Å²) >= 11 is 6.26. The van der Waals surface area contributed by atoms with E-state index in [9.17, 15) is 14.3 Å². The van der Waals surface area contributed by atoms with Crippen LogP contribution >= 0.6 is 11.6 Å². The number of halogens is 2. The van der Waals surface area contributed by atoms with Gasteiger partial charge < -0.3 is 19.9 Å². The Morgan fingerprint density at radius 2 is 2.16 bits per heavy atom. The molecule has 0 spiro atoms. The lowest BCUT2D eigenvalue weighted by Gasteiger charge is -2.34. The number of carbonyl (C=O) groups excluding carboxylic acids is 1. The summed E-state index contributed by atoms with van der Waals surface area (Å²) in [6.45, 7) is 5.88. The molecule has 37 heavy (non-hydrogen) atoms. The number of hydrogen-bond acceptors (Lipinski definition) is 7. The molecular weight excluding hydrogens is 497 g/mol. The molecule has 0 radical (unpaired) electrons. The summed E-state index contributed by atoms with van der Waals surface area (Å²) in [7, 11) is 1.61. The number of rotatable bonds is 11. The molecule has 0 saturated carbocycles. The quantitative estimate of drug-likeness (QED) is 0.314. The van der Waals surface area contributed by atoms with Gasteiger partial charge in [0.25, 0.3) is 0 Å². The van der Waals surface area contributed by atoms with Crippen LogP contribution in [0.1, 0.15) is 61.0 Å². The maximum atomic E-state index is 15.0. The third-order valence-corrected chi connectivity index (χ3v) is 7.96. The van der Waals surface area contributed by atoms with E-state index >= 15 is 0 Å². The molecule has 2 heterocycles. The number of aliphatic hydroxyl groups is 1. The van der Waals surface area contributed by atoms with Gasteiger partial charge in [-0.25, -0.2) is 14.4 Å². The van der Waals surface area contributed by atoms with Gasteiger partial charge in [-0.2, -0.15) is 0 Å². The van der Waals surface area contributed by atoms with E-state index < -0.39 is 17.9 Å². The highest BCUT2D eigenvalue weighted by atomic mass is 35.5. The van der Waals surface area contributed by atoms with E-state index in [0.717, 1.165) is 42.2 Å². The van der Waals surface area contributed by atoms with E-state index in [1.807, 2.05) is 13.0 Å². The van der Waals surface area contributed by atoms with Gasteiger partial charge in [0.1, 0.15) is 11.4 Å². The van der Waals surface area contributed by atoms with Crippen LogP contribution in [0.3, 0.4) is 0 Å². The molecule has 1 fully saturated rings. The highest BCUT2D eigenvalue weighted by Crippen LogP contribution is 2.37. The second-order valence-corrected chi connectivity index (χ2v) is 10.4. The molecule has 1 saturated heterocycles. The molecule has 200 valence electrons. The number of Topliss-reactive ketones (excluding diaryl/α,β-unsaturated/α-hetero) is 1. The molecule has 1 aromatic carbocycles. The maximum Gasteiger partial charge on any atom is 0.224 e. The Balaban J connectivity index is 1.45. The minimum Gasteiger partial charge on any atom is -0.392 e. The number of anilines is 1. The summed E-state index contributed by atoms with van der Waals surface area (Å²) in [6, 6.07) is 6.79. The van der Waals surface area contributed by atoms with Crippen molar-refractivity contribution in [2.75, 3.05) is 32.2 Å². The van der Waals surface area contributed by atoms with E-state index in [2.05, 4.69) is 21.9 Å². The fourth-order valence-electron chi connectivity index (χ4n) is 5.33. The third kappa shape index (κ3) is 5.87. The summed E-state index contributed by atoms with van der Waals surface area (Å²) in [5.74, 6) is 1.04. The first-order chi connectivity index (χ1) is 17.7. The average Bonchev–Trinajstić information content (AvgIpc) is 3.34. The fourth-order valence-corrected chi connectivity index (χ4v) is 5.52. The molecule has 0 amide bonds. The molecule has 2 unspecified atom stereocenters. The maximum absolute atomic E-state index is 15.0. The van der Waals surface area contributed by atoms with Crippen molar-refractivity contribution >= 4 is 23.2 Å². The van der Waals surface area contributed by atoms with Crippen LogP contribution in [-0.4, -0.2) is 53.4 Å². The van der Waals surface area contributed by atoms with Gasteiger partial charge in [-0.1, -0.05) is 30.8 Å². The highest BCUT2D eigenvalue weighted by Gasteiger charge is 2.40. The first-order valence-corrected chi connectivity index (χ1v) is 13.1. The lowest BCUT2D eigenvalue weighted by atomic mass is 9.85. The fraction of sp³-hybridized carbons (Fsp3) is 0.536. The zero-order chi connectivity index (χ0) is 26.6. The van der Waals surface area contributed by atoms with Crippen LogP contribution in [0.5, 0.6) is 0 Å². The number of alkyl halides is 1. The van der Waals surface area contributed by atoms with E-state index in [0.29, 0.717) is 43.9 Å². The van der Waals surface area contributed by atoms with Crippen molar-refractivity contribution in [3.05, 3.63) is 64.6 Å². The van der Waals surface area contributed by atoms with Crippen LogP contribution in [0.25, 0.3) is 0 Å². The van der Waals surface area contributed by atoms with Crippen molar-refractivity contribution in [2.45, 2.75) is 62.8 Å². The molecule has 1 aromatic heterocycles. The van der Waals surface area contributed by atoms with Gasteiger partial charge in [-0.15, -0.1) is 0 Å². The normalized spacial score (nSPS) is 21.1. The molecule has 2 aromatic rings. The number of ketones is 1. The second-order valence-electron chi connectivity index (χ2n) is 10.0. The minimum absolute atomic E-state index is 0.136. The number of aliphatic hydroxyl groups excluding tert-OH is 1. The number of aromatic nitrogens is 2. The van der Waals surface area contributed by atoms with Crippen molar-refractivity contribution in [3.63, 3.8) is 0 Å². The number of hydrogen-bond donors (Lipinski definition) is 2. The zero-order valence-corrected chi connectivity index (χ0v) is 22.2. The van der Waals surface area contributed by atoms with E-state index in [1.165, 1.54) is 0 Å². The predicted molar refractivity (Wildman–Crippen MR) is 141 cm³/mol. The second kappa shape index (κ2) is 11.6. The molecule has 9 heteroatoms. The Kier molecular flexibility index (Phi) is 8.63. The number of nitrogens with zero attached hydrogens (tertiary/aromatic N) is 2. The van der Waals surface area contributed by atoms with Crippen LogP contribution in [0, 0.1) is 5.92 Å². The Morgan fingerprint density at radius 1 is 1.41 bits per heavy atom. The SMILES string of the molecule is C=CC(F)(CO)c1cccc([C@@H](C)Nc2nc(Cl)nc3c2CC(CCC(=O)C2(OC)CCOCC2)C3)c1. The topological polar surface area (TPSA) is 93.6 Å². The van der Waals surface area contributed by atoms with Gasteiger partial charge in [-0.05, 0) is 60.9 Å². The summed E-state index contributed by atoms with van der Waals surface area (Å²) in [4.78, 5) is 22.0.